The zero-order valence-electron chi connectivity index (χ0n) is 12.9. The normalized spacial score (nSPS) is 28.2. The lowest BCUT2D eigenvalue weighted by Gasteiger charge is -2.41. The molecular formula is C18H24N2OS. The van der Waals surface area contributed by atoms with Gasteiger partial charge < -0.3 is 5.11 Å². The highest BCUT2D eigenvalue weighted by Crippen LogP contribution is 2.35. The van der Waals surface area contributed by atoms with E-state index in [1.165, 1.54) is 41.8 Å². The lowest BCUT2D eigenvalue weighted by molar-refractivity contribution is 0.00871. The minimum absolute atomic E-state index is 0.104. The molecule has 0 bridgehead atoms. The Kier molecular flexibility index (Phi) is 4.16. The molecule has 4 rings (SSSR count). The van der Waals surface area contributed by atoms with Gasteiger partial charge in [-0.3, -0.25) is 4.90 Å². The first-order valence-electron chi connectivity index (χ1n) is 8.59. The van der Waals surface area contributed by atoms with Gasteiger partial charge in [0.2, 0.25) is 0 Å². The summed E-state index contributed by atoms with van der Waals surface area (Å²) in [5, 5.41) is 11.6. The third kappa shape index (κ3) is 2.80. The number of hydrogen-bond donors (Lipinski definition) is 1. The number of likely N-dealkylation sites (tertiary alicyclic amines) is 1. The highest BCUT2D eigenvalue weighted by molar-refractivity contribution is 7.18. The molecule has 22 heavy (non-hydrogen) atoms. The second-order valence-electron chi connectivity index (χ2n) is 6.75. The molecule has 2 fully saturated rings. The average molecular weight is 316 g/mol. The Morgan fingerprint density at radius 1 is 1.05 bits per heavy atom. The van der Waals surface area contributed by atoms with Crippen molar-refractivity contribution in [3.05, 3.63) is 29.3 Å². The van der Waals surface area contributed by atoms with E-state index in [-0.39, 0.29) is 6.10 Å². The van der Waals surface area contributed by atoms with Gasteiger partial charge in [0.15, 0.2) is 0 Å². The van der Waals surface area contributed by atoms with Crippen LogP contribution in [0.25, 0.3) is 10.2 Å². The van der Waals surface area contributed by atoms with Gasteiger partial charge in [-0.25, -0.2) is 4.98 Å². The minimum Gasteiger partial charge on any atom is -0.391 e. The summed E-state index contributed by atoms with van der Waals surface area (Å²) in [6.07, 6.45) is 6.90. The Morgan fingerprint density at radius 2 is 1.82 bits per heavy atom. The molecular weight excluding hydrogens is 292 g/mol. The van der Waals surface area contributed by atoms with Crippen molar-refractivity contribution in [1.29, 1.82) is 0 Å². The first kappa shape index (κ1) is 14.6. The van der Waals surface area contributed by atoms with E-state index >= 15 is 0 Å². The summed E-state index contributed by atoms with van der Waals surface area (Å²) in [4.78, 5) is 7.37. The summed E-state index contributed by atoms with van der Waals surface area (Å²) in [5.74, 6) is 0.606. The van der Waals surface area contributed by atoms with Crippen LogP contribution in [0.2, 0.25) is 0 Å². The van der Waals surface area contributed by atoms with Gasteiger partial charge in [-0.1, -0.05) is 25.0 Å². The monoisotopic (exact) mass is 316 g/mol. The van der Waals surface area contributed by atoms with Crippen molar-refractivity contribution in [3.8, 4) is 0 Å². The second kappa shape index (κ2) is 6.26. The fourth-order valence-electron chi connectivity index (χ4n) is 4.06. The molecule has 2 aromatic rings. The number of aliphatic hydroxyl groups is 1. The molecule has 118 valence electrons. The van der Waals surface area contributed by atoms with Crippen LogP contribution in [0.15, 0.2) is 24.3 Å². The smallest absolute Gasteiger partial charge is 0.0970 e. The Balaban J connectivity index is 1.43. The molecule has 0 spiro atoms. The largest absolute Gasteiger partial charge is 0.391 e. The zero-order valence-corrected chi connectivity index (χ0v) is 13.8. The molecule has 1 N–H and O–H groups in total. The number of fused-ring (bicyclic) bond motifs is 1. The van der Waals surface area contributed by atoms with Crippen LogP contribution in [0.5, 0.6) is 0 Å². The molecule has 4 heteroatoms. The van der Waals surface area contributed by atoms with Crippen molar-refractivity contribution < 1.29 is 5.11 Å². The van der Waals surface area contributed by atoms with Gasteiger partial charge in [-0.15, -0.1) is 11.3 Å². The van der Waals surface area contributed by atoms with E-state index in [9.17, 15) is 5.11 Å². The van der Waals surface area contributed by atoms with Crippen molar-refractivity contribution in [2.45, 2.75) is 56.6 Å². The van der Waals surface area contributed by atoms with E-state index in [4.69, 9.17) is 4.98 Å². The third-order valence-electron chi connectivity index (χ3n) is 5.35. The second-order valence-corrected chi connectivity index (χ2v) is 7.81. The molecule has 1 aliphatic carbocycles. The molecule has 2 unspecified atom stereocenters. The van der Waals surface area contributed by atoms with Gasteiger partial charge in [0, 0.05) is 12.0 Å². The number of thiazole rings is 1. The van der Waals surface area contributed by atoms with Gasteiger partial charge in [-0.05, 0) is 50.9 Å². The van der Waals surface area contributed by atoms with Crippen LogP contribution in [0.1, 0.15) is 49.5 Å². The van der Waals surface area contributed by atoms with Crippen LogP contribution in [0, 0.1) is 0 Å². The number of piperidine rings is 1. The van der Waals surface area contributed by atoms with E-state index in [0.29, 0.717) is 12.0 Å². The van der Waals surface area contributed by atoms with Gasteiger partial charge in [0.1, 0.15) is 0 Å². The maximum Gasteiger partial charge on any atom is 0.0970 e. The van der Waals surface area contributed by atoms with Crippen molar-refractivity contribution >= 4 is 21.6 Å². The zero-order chi connectivity index (χ0) is 14.9. The molecule has 2 heterocycles. The Labute approximate surface area is 136 Å². The van der Waals surface area contributed by atoms with Crippen LogP contribution in [-0.2, 0) is 0 Å². The molecule has 1 aliphatic heterocycles. The van der Waals surface area contributed by atoms with Crippen molar-refractivity contribution in [3.63, 3.8) is 0 Å². The topological polar surface area (TPSA) is 36.4 Å². The Bertz CT molecular complexity index is 600. The SMILES string of the molecule is OC1CCCCC1N1CCC(c2nc3ccccc3s2)CC1. The number of rotatable bonds is 2. The molecule has 2 atom stereocenters. The fraction of sp³-hybridized carbons (Fsp3) is 0.611. The summed E-state index contributed by atoms with van der Waals surface area (Å²) in [6, 6.07) is 8.86. The van der Waals surface area contributed by atoms with E-state index in [2.05, 4.69) is 29.2 Å². The summed E-state index contributed by atoms with van der Waals surface area (Å²) in [5.41, 5.74) is 1.15. The predicted octanol–water partition coefficient (Wildman–Crippen LogP) is 3.78. The van der Waals surface area contributed by atoms with Crippen LogP contribution in [0.3, 0.4) is 0 Å². The van der Waals surface area contributed by atoms with Crippen LogP contribution < -0.4 is 0 Å². The lowest BCUT2D eigenvalue weighted by atomic mass is 9.88. The summed E-state index contributed by atoms with van der Waals surface area (Å²) in [6.45, 7) is 2.23. The number of aliphatic hydroxyl groups excluding tert-OH is 1. The maximum absolute atomic E-state index is 10.2. The first-order chi connectivity index (χ1) is 10.8. The maximum atomic E-state index is 10.2. The predicted molar refractivity (Wildman–Crippen MR) is 91.4 cm³/mol. The van der Waals surface area contributed by atoms with Crippen molar-refractivity contribution in [2.75, 3.05) is 13.1 Å². The van der Waals surface area contributed by atoms with Gasteiger partial charge >= 0.3 is 0 Å². The first-order valence-corrected chi connectivity index (χ1v) is 9.40. The lowest BCUT2D eigenvalue weighted by Crippen LogP contribution is -2.48. The molecule has 0 amide bonds. The van der Waals surface area contributed by atoms with Crippen LogP contribution >= 0.6 is 11.3 Å². The van der Waals surface area contributed by atoms with E-state index in [1.807, 2.05) is 11.3 Å². The molecule has 2 aliphatic rings. The molecule has 1 saturated heterocycles. The van der Waals surface area contributed by atoms with Crippen molar-refractivity contribution in [1.82, 2.24) is 9.88 Å². The fourth-order valence-corrected chi connectivity index (χ4v) is 5.20. The molecule has 1 aromatic heterocycles. The number of hydrogen-bond acceptors (Lipinski definition) is 4. The molecule has 3 nitrogen and oxygen atoms in total. The Hall–Kier alpha value is -0.970. The quantitative estimate of drug-likeness (QED) is 0.916. The molecule has 1 saturated carbocycles. The highest BCUT2D eigenvalue weighted by atomic mass is 32.1. The van der Waals surface area contributed by atoms with Crippen molar-refractivity contribution in [2.24, 2.45) is 0 Å². The number of para-hydroxylation sites is 1. The van der Waals surface area contributed by atoms with Gasteiger partial charge in [0.05, 0.1) is 21.3 Å². The highest BCUT2D eigenvalue weighted by Gasteiger charge is 2.32. The van der Waals surface area contributed by atoms with E-state index in [0.717, 1.165) is 25.0 Å². The van der Waals surface area contributed by atoms with Gasteiger partial charge in [0.25, 0.3) is 0 Å². The number of nitrogens with zero attached hydrogens (tertiary/aromatic N) is 2. The minimum atomic E-state index is -0.104. The van der Waals surface area contributed by atoms with E-state index in [1.54, 1.807) is 0 Å². The van der Waals surface area contributed by atoms with Crippen LogP contribution in [-0.4, -0.2) is 40.2 Å². The summed E-state index contributed by atoms with van der Waals surface area (Å²) >= 11 is 1.86. The molecule has 0 radical (unpaired) electrons. The molecule has 1 aromatic carbocycles. The van der Waals surface area contributed by atoms with Gasteiger partial charge in [-0.2, -0.15) is 0 Å². The Morgan fingerprint density at radius 3 is 2.59 bits per heavy atom. The average Bonchev–Trinajstić information content (AvgIpc) is 2.99. The number of benzene rings is 1. The summed E-state index contributed by atoms with van der Waals surface area (Å²) < 4.78 is 1.31. The number of aromatic nitrogens is 1. The van der Waals surface area contributed by atoms with Crippen LogP contribution in [0.4, 0.5) is 0 Å². The third-order valence-corrected chi connectivity index (χ3v) is 6.55. The standard InChI is InChI=1S/C18H24N2OS/c21-16-7-3-2-6-15(16)20-11-9-13(10-12-20)18-19-14-5-1-4-8-17(14)22-18/h1,4-5,8,13,15-16,21H,2-3,6-7,9-12H2. The summed E-state index contributed by atoms with van der Waals surface area (Å²) in [7, 11) is 0. The van der Waals surface area contributed by atoms with E-state index < -0.39 is 0 Å².